The molecule has 0 spiro atoms. The number of aromatic nitrogens is 2. The number of primary amides is 1. The molecule has 5 fully saturated rings. The number of fused-ring (bicyclic) bond motifs is 2. The SMILES string of the molecule is NC(=O)c1c(-c2ccc(Oc3ccccc3)cc2)nn2c1NCCC2C1CCN(CC2CCN(C(=O)N3CCN(CC4CCN(c5ccc6c(c5)CN(C5CCC(=O)NC5=O)C6=O)CC4)CC3)CC2)CC1. The summed E-state index contributed by atoms with van der Waals surface area (Å²) in [6.45, 7) is 12.3. The molecule has 4 aromatic rings. The second kappa shape index (κ2) is 20.3. The molecule has 7 aliphatic heterocycles. The number of amides is 6. The van der Waals surface area contributed by atoms with Crippen LogP contribution in [0, 0.1) is 17.8 Å². The number of urea groups is 1. The third kappa shape index (κ3) is 9.95. The monoisotopic (exact) mass is 966 g/mol. The standard InChI is InChI=1S/C54H67N11O6/c55-50(67)48-49(39-6-9-43(10-7-39)71-42-4-2-1-3-5-42)58-65-45(14-21-56-51(48)65)38-19-22-59(23-20-38)33-37-17-26-62(27-18-37)54(70)63-30-28-60(29-31-63)34-36-15-24-61(25-16-36)41-8-11-44-40(32-41)35-64(53(44)69)46-12-13-47(66)57-52(46)68/h1-11,32,36-38,45-46,56H,12-31,33-35H2,(H2,55,67)(H,57,66,68). The number of nitrogens with one attached hydrogen (secondary N) is 2. The maximum absolute atomic E-state index is 13.7. The van der Waals surface area contributed by atoms with E-state index in [1.165, 1.54) is 0 Å². The molecule has 17 nitrogen and oxygen atoms in total. The molecule has 4 N–H and O–H groups in total. The fourth-order valence-electron chi connectivity index (χ4n) is 12.5. The normalized spacial score (nSPS) is 23.1. The minimum absolute atomic E-state index is 0.136. The van der Waals surface area contributed by atoms with Crippen molar-refractivity contribution < 1.29 is 28.7 Å². The van der Waals surface area contributed by atoms with Crippen LogP contribution in [0.25, 0.3) is 11.3 Å². The number of nitrogens with two attached hydrogens (primary N) is 1. The van der Waals surface area contributed by atoms with E-state index in [9.17, 15) is 24.0 Å². The van der Waals surface area contributed by atoms with Crippen molar-refractivity contribution in [3.8, 4) is 22.8 Å². The number of likely N-dealkylation sites (tertiary alicyclic amines) is 2. The molecule has 0 saturated carbocycles. The third-order valence-corrected chi connectivity index (χ3v) is 16.5. The van der Waals surface area contributed by atoms with Crippen LogP contribution in [0.15, 0.2) is 72.8 Å². The zero-order valence-corrected chi connectivity index (χ0v) is 40.7. The van der Waals surface area contributed by atoms with Gasteiger partial charge in [-0.2, -0.15) is 5.10 Å². The molecule has 374 valence electrons. The van der Waals surface area contributed by atoms with Crippen LogP contribution in [0.1, 0.15) is 90.1 Å². The number of benzene rings is 3. The van der Waals surface area contributed by atoms with Crippen LogP contribution in [-0.4, -0.2) is 155 Å². The number of anilines is 2. The fraction of sp³-hybridized carbons (Fsp3) is 0.519. The zero-order chi connectivity index (χ0) is 48.6. The number of piperazine rings is 1. The van der Waals surface area contributed by atoms with Gasteiger partial charge in [0.25, 0.3) is 11.8 Å². The minimum atomic E-state index is -0.603. The smallest absolute Gasteiger partial charge is 0.320 e. The van der Waals surface area contributed by atoms with Gasteiger partial charge in [0.1, 0.15) is 34.6 Å². The molecule has 17 heteroatoms. The maximum atomic E-state index is 13.7. The van der Waals surface area contributed by atoms with E-state index < -0.39 is 11.9 Å². The maximum Gasteiger partial charge on any atom is 0.320 e. The Kier molecular flexibility index (Phi) is 13.4. The molecule has 8 heterocycles. The van der Waals surface area contributed by atoms with E-state index >= 15 is 0 Å². The van der Waals surface area contributed by atoms with Gasteiger partial charge in [-0.15, -0.1) is 0 Å². The molecule has 2 atom stereocenters. The number of imide groups is 1. The van der Waals surface area contributed by atoms with E-state index in [0.29, 0.717) is 53.3 Å². The summed E-state index contributed by atoms with van der Waals surface area (Å²) in [4.78, 5) is 77.4. The van der Waals surface area contributed by atoms with E-state index in [2.05, 4.69) is 45.9 Å². The van der Waals surface area contributed by atoms with Gasteiger partial charge in [-0.25, -0.2) is 9.48 Å². The molecule has 7 aliphatic rings. The summed E-state index contributed by atoms with van der Waals surface area (Å²) in [5, 5.41) is 10.9. The number of piperidine rings is 4. The Bertz CT molecular complexity index is 2610. The molecule has 0 radical (unpaired) electrons. The quantitative estimate of drug-likeness (QED) is 0.158. The van der Waals surface area contributed by atoms with Gasteiger partial charge in [-0.1, -0.05) is 18.2 Å². The summed E-state index contributed by atoms with van der Waals surface area (Å²) in [7, 11) is 0. The average Bonchev–Trinajstić information content (AvgIpc) is 3.95. The molecule has 5 saturated heterocycles. The molecule has 0 aliphatic carbocycles. The minimum Gasteiger partial charge on any atom is -0.457 e. The molecule has 3 aromatic carbocycles. The predicted molar refractivity (Wildman–Crippen MR) is 269 cm³/mol. The lowest BCUT2D eigenvalue weighted by molar-refractivity contribution is -0.136. The third-order valence-electron chi connectivity index (χ3n) is 16.5. The Morgan fingerprint density at radius 2 is 1.37 bits per heavy atom. The summed E-state index contributed by atoms with van der Waals surface area (Å²) in [5.41, 5.74) is 10.6. The number of hydrogen-bond acceptors (Lipinski definition) is 11. The van der Waals surface area contributed by atoms with Crippen molar-refractivity contribution in [2.75, 3.05) is 95.3 Å². The highest BCUT2D eigenvalue weighted by molar-refractivity contribution is 6.06. The zero-order valence-electron chi connectivity index (χ0n) is 40.7. The van der Waals surface area contributed by atoms with Crippen LogP contribution in [0.2, 0.25) is 0 Å². The van der Waals surface area contributed by atoms with Crippen molar-refractivity contribution in [3.63, 3.8) is 0 Å². The number of carbonyl (C=O) groups is 5. The first-order valence-electron chi connectivity index (χ1n) is 26.1. The first kappa shape index (κ1) is 46.9. The fourth-order valence-corrected chi connectivity index (χ4v) is 12.5. The van der Waals surface area contributed by atoms with Gasteiger partial charge in [0.15, 0.2) is 0 Å². The summed E-state index contributed by atoms with van der Waals surface area (Å²) in [5.74, 6) is 2.56. The summed E-state index contributed by atoms with van der Waals surface area (Å²) in [6, 6.07) is 23.2. The Labute approximate surface area is 415 Å². The van der Waals surface area contributed by atoms with E-state index in [1.54, 1.807) is 4.90 Å². The van der Waals surface area contributed by atoms with Crippen LogP contribution in [0.3, 0.4) is 0 Å². The predicted octanol–water partition coefficient (Wildman–Crippen LogP) is 5.64. The summed E-state index contributed by atoms with van der Waals surface area (Å²) in [6.07, 6.45) is 7.99. The molecule has 0 bridgehead atoms. The molecular formula is C54H67N11O6. The number of para-hydroxylation sites is 1. The van der Waals surface area contributed by atoms with Crippen LogP contribution >= 0.6 is 0 Å². The Balaban J connectivity index is 0.597. The Morgan fingerprint density at radius 1 is 0.704 bits per heavy atom. The van der Waals surface area contributed by atoms with Gasteiger partial charge >= 0.3 is 6.03 Å². The van der Waals surface area contributed by atoms with Crippen molar-refractivity contribution in [3.05, 3.63) is 89.5 Å². The average molecular weight is 966 g/mol. The lowest BCUT2D eigenvalue weighted by atomic mass is 9.86. The highest BCUT2D eigenvalue weighted by atomic mass is 16.5. The molecule has 6 amide bonds. The highest BCUT2D eigenvalue weighted by Crippen LogP contribution is 2.41. The molecule has 71 heavy (non-hydrogen) atoms. The highest BCUT2D eigenvalue weighted by Gasteiger charge is 2.40. The Hall–Kier alpha value is -6.46. The molecular weight excluding hydrogens is 899 g/mol. The van der Waals surface area contributed by atoms with Gasteiger partial charge < -0.3 is 40.3 Å². The van der Waals surface area contributed by atoms with Crippen LogP contribution in [0.5, 0.6) is 11.5 Å². The van der Waals surface area contributed by atoms with Crippen LogP contribution < -0.4 is 26.0 Å². The number of ether oxygens (including phenoxy) is 1. The second-order valence-electron chi connectivity index (χ2n) is 20.9. The van der Waals surface area contributed by atoms with E-state index in [1.807, 2.05) is 66.7 Å². The van der Waals surface area contributed by atoms with Gasteiger partial charge in [-0.05, 0) is 142 Å². The van der Waals surface area contributed by atoms with Gasteiger partial charge in [0.05, 0.1) is 6.04 Å². The van der Waals surface area contributed by atoms with E-state index in [-0.39, 0.29) is 36.2 Å². The summed E-state index contributed by atoms with van der Waals surface area (Å²) < 4.78 is 8.06. The van der Waals surface area contributed by atoms with E-state index in [4.69, 9.17) is 15.6 Å². The van der Waals surface area contributed by atoms with E-state index in [0.717, 1.165) is 158 Å². The van der Waals surface area contributed by atoms with Gasteiger partial charge in [0.2, 0.25) is 11.8 Å². The number of rotatable bonds is 11. The first-order chi connectivity index (χ1) is 34.6. The van der Waals surface area contributed by atoms with Gasteiger partial charge in [0, 0.05) is 102 Å². The Morgan fingerprint density at radius 3 is 2.06 bits per heavy atom. The lowest BCUT2D eigenvalue weighted by Gasteiger charge is -2.42. The summed E-state index contributed by atoms with van der Waals surface area (Å²) >= 11 is 0. The number of carbonyl (C=O) groups excluding carboxylic acids is 5. The first-order valence-corrected chi connectivity index (χ1v) is 26.1. The van der Waals surface area contributed by atoms with Crippen LogP contribution in [-0.2, 0) is 16.1 Å². The molecule has 11 rings (SSSR count). The molecule has 1 aromatic heterocycles. The lowest BCUT2D eigenvalue weighted by Crippen LogP contribution is -2.55. The second-order valence-corrected chi connectivity index (χ2v) is 20.9. The van der Waals surface area contributed by atoms with Gasteiger partial charge in [-0.3, -0.25) is 29.4 Å². The van der Waals surface area contributed by atoms with Crippen molar-refractivity contribution in [2.24, 2.45) is 23.5 Å². The number of hydrogen-bond donors (Lipinski definition) is 3. The van der Waals surface area contributed by atoms with Crippen molar-refractivity contribution in [1.29, 1.82) is 0 Å². The number of nitrogens with zero attached hydrogens (tertiary/aromatic N) is 8. The van der Waals surface area contributed by atoms with Crippen molar-refractivity contribution in [1.82, 2.24) is 39.6 Å². The largest absolute Gasteiger partial charge is 0.457 e. The topological polar surface area (TPSA) is 182 Å². The van der Waals surface area contributed by atoms with Crippen molar-refractivity contribution in [2.45, 2.75) is 76.4 Å². The van der Waals surface area contributed by atoms with Crippen molar-refractivity contribution >= 4 is 41.2 Å². The van der Waals surface area contributed by atoms with Crippen LogP contribution in [0.4, 0.5) is 16.3 Å². The molecule has 2 unspecified atom stereocenters.